The summed E-state index contributed by atoms with van der Waals surface area (Å²) < 4.78 is 5.78. The quantitative estimate of drug-likeness (QED) is 0.675. The molecule has 2 unspecified atom stereocenters. The lowest BCUT2D eigenvalue weighted by Gasteiger charge is -2.30. The zero-order valence-electron chi connectivity index (χ0n) is 14.2. The van der Waals surface area contributed by atoms with Gasteiger partial charge in [0.25, 0.3) is 0 Å². The molecular formula is C19H37NO. The van der Waals surface area contributed by atoms with Crippen molar-refractivity contribution in [3.8, 4) is 0 Å². The van der Waals surface area contributed by atoms with Gasteiger partial charge in [0.05, 0.1) is 6.10 Å². The topological polar surface area (TPSA) is 21.3 Å². The average Bonchev–Trinajstić information content (AvgIpc) is 2.96. The minimum absolute atomic E-state index is 0.578. The molecule has 1 aliphatic heterocycles. The maximum Gasteiger partial charge on any atom is 0.0576 e. The van der Waals surface area contributed by atoms with E-state index in [1.54, 1.807) is 0 Å². The van der Waals surface area contributed by atoms with E-state index in [0.29, 0.717) is 6.10 Å². The SMILES string of the molecule is CCCNC(CCCC1CCCO1)C1CCCCCCC1. The molecule has 2 rings (SSSR count). The predicted octanol–water partition coefficient (Wildman–Crippen LogP) is 5.06. The van der Waals surface area contributed by atoms with Crippen molar-refractivity contribution in [3.05, 3.63) is 0 Å². The molecule has 1 aliphatic carbocycles. The van der Waals surface area contributed by atoms with Gasteiger partial charge in [-0.3, -0.25) is 0 Å². The maximum atomic E-state index is 5.78. The van der Waals surface area contributed by atoms with Crippen LogP contribution in [-0.2, 0) is 4.74 Å². The fourth-order valence-electron chi connectivity index (χ4n) is 4.16. The van der Waals surface area contributed by atoms with E-state index in [1.165, 1.54) is 90.0 Å². The van der Waals surface area contributed by atoms with Crippen LogP contribution in [0.25, 0.3) is 0 Å². The van der Waals surface area contributed by atoms with Gasteiger partial charge in [0.2, 0.25) is 0 Å². The second-order valence-electron chi connectivity index (χ2n) is 7.23. The van der Waals surface area contributed by atoms with Crippen molar-refractivity contribution in [3.63, 3.8) is 0 Å². The Labute approximate surface area is 132 Å². The van der Waals surface area contributed by atoms with Crippen LogP contribution in [0, 0.1) is 5.92 Å². The minimum atomic E-state index is 0.578. The summed E-state index contributed by atoms with van der Waals surface area (Å²) >= 11 is 0. The van der Waals surface area contributed by atoms with Crippen LogP contribution in [0.1, 0.15) is 90.4 Å². The molecular weight excluding hydrogens is 258 g/mol. The lowest BCUT2D eigenvalue weighted by molar-refractivity contribution is 0.1000. The molecule has 2 aliphatic rings. The highest BCUT2D eigenvalue weighted by molar-refractivity contribution is 4.79. The highest BCUT2D eigenvalue weighted by Gasteiger charge is 2.22. The van der Waals surface area contributed by atoms with Gasteiger partial charge in [-0.05, 0) is 63.8 Å². The van der Waals surface area contributed by atoms with Crippen molar-refractivity contribution < 1.29 is 4.74 Å². The third-order valence-corrected chi connectivity index (χ3v) is 5.44. The molecule has 0 radical (unpaired) electrons. The van der Waals surface area contributed by atoms with Crippen LogP contribution in [0.5, 0.6) is 0 Å². The first kappa shape index (κ1) is 17.3. The van der Waals surface area contributed by atoms with Gasteiger partial charge in [-0.2, -0.15) is 0 Å². The Balaban J connectivity index is 1.74. The molecule has 0 amide bonds. The van der Waals surface area contributed by atoms with Crippen LogP contribution >= 0.6 is 0 Å². The van der Waals surface area contributed by atoms with Crippen molar-refractivity contribution in [2.75, 3.05) is 13.2 Å². The molecule has 1 N–H and O–H groups in total. The molecule has 2 nitrogen and oxygen atoms in total. The lowest BCUT2D eigenvalue weighted by Crippen LogP contribution is -2.37. The van der Waals surface area contributed by atoms with Gasteiger partial charge in [0, 0.05) is 12.6 Å². The lowest BCUT2D eigenvalue weighted by atomic mass is 9.83. The standard InChI is InChI=1S/C19H37NO/c1-2-15-20-19(14-8-12-18-13-9-16-21-18)17-10-6-4-3-5-7-11-17/h17-20H,2-16H2,1H3. The van der Waals surface area contributed by atoms with Crippen molar-refractivity contribution in [1.29, 1.82) is 0 Å². The van der Waals surface area contributed by atoms with Gasteiger partial charge in [-0.1, -0.05) is 39.0 Å². The summed E-state index contributed by atoms with van der Waals surface area (Å²) in [4.78, 5) is 0. The summed E-state index contributed by atoms with van der Waals surface area (Å²) in [5, 5.41) is 3.87. The second-order valence-corrected chi connectivity index (χ2v) is 7.23. The molecule has 0 aromatic rings. The van der Waals surface area contributed by atoms with E-state index in [2.05, 4.69) is 12.2 Å². The molecule has 2 atom stereocenters. The van der Waals surface area contributed by atoms with Gasteiger partial charge in [-0.15, -0.1) is 0 Å². The van der Waals surface area contributed by atoms with Crippen molar-refractivity contribution in [2.24, 2.45) is 5.92 Å². The molecule has 0 bridgehead atoms. The van der Waals surface area contributed by atoms with Crippen LogP contribution in [0.4, 0.5) is 0 Å². The van der Waals surface area contributed by atoms with Gasteiger partial charge >= 0.3 is 0 Å². The Hall–Kier alpha value is -0.0800. The first-order valence-electron chi connectivity index (χ1n) is 9.75. The van der Waals surface area contributed by atoms with E-state index >= 15 is 0 Å². The maximum absolute atomic E-state index is 5.78. The van der Waals surface area contributed by atoms with Gasteiger partial charge < -0.3 is 10.1 Å². The fraction of sp³-hybridized carbons (Fsp3) is 1.00. The van der Waals surface area contributed by atoms with E-state index in [0.717, 1.165) is 18.6 Å². The van der Waals surface area contributed by atoms with E-state index < -0.39 is 0 Å². The smallest absolute Gasteiger partial charge is 0.0576 e. The molecule has 1 saturated heterocycles. The van der Waals surface area contributed by atoms with Gasteiger partial charge in [0.15, 0.2) is 0 Å². The summed E-state index contributed by atoms with van der Waals surface area (Å²) in [6.07, 6.45) is 18.7. The van der Waals surface area contributed by atoms with E-state index in [4.69, 9.17) is 4.74 Å². The summed E-state index contributed by atoms with van der Waals surface area (Å²) in [6, 6.07) is 0.768. The summed E-state index contributed by atoms with van der Waals surface area (Å²) in [5.74, 6) is 0.932. The Bertz CT molecular complexity index is 242. The largest absolute Gasteiger partial charge is 0.378 e. The first-order valence-corrected chi connectivity index (χ1v) is 9.75. The highest BCUT2D eigenvalue weighted by Crippen LogP contribution is 2.28. The zero-order chi connectivity index (χ0) is 14.8. The van der Waals surface area contributed by atoms with Crippen LogP contribution in [0.15, 0.2) is 0 Å². The third kappa shape index (κ3) is 6.69. The fourth-order valence-corrected chi connectivity index (χ4v) is 4.16. The summed E-state index contributed by atoms with van der Waals surface area (Å²) in [5.41, 5.74) is 0. The molecule has 21 heavy (non-hydrogen) atoms. The molecule has 124 valence electrons. The molecule has 1 heterocycles. The van der Waals surface area contributed by atoms with Crippen LogP contribution in [-0.4, -0.2) is 25.3 Å². The Kier molecular flexibility index (Phi) is 8.73. The Morgan fingerprint density at radius 1 is 1.00 bits per heavy atom. The van der Waals surface area contributed by atoms with Crippen LogP contribution < -0.4 is 5.32 Å². The van der Waals surface area contributed by atoms with E-state index in [1.807, 2.05) is 0 Å². The van der Waals surface area contributed by atoms with E-state index in [9.17, 15) is 0 Å². The number of rotatable bonds is 8. The number of nitrogens with one attached hydrogen (secondary N) is 1. The van der Waals surface area contributed by atoms with Crippen molar-refractivity contribution in [1.82, 2.24) is 5.32 Å². The molecule has 0 aromatic carbocycles. The summed E-state index contributed by atoms with van der Waals surface area (Å²) in [7, 11) is 0. The second kappa shape index (κ2) is 10.6. The van der Waals surface area contributed by atoms with E-state index in [-0.39, 0.29) is 0 Å². The third-order valence-electron chi connectivity index (χ3n) is 5.44. The normalized spacial score (nSPS) is 26.4. The molecule has 2 fully saturated rings. The molecule has 0 spiro atoms. The number of ether oxygens (including phenoxy) is 1. The molecule has 2 heteroatoms. The Morgan fingerprint density at radius 2 is 1.76 bits per heavy atom. The monoisotopic (exact) mass is 295 g/mol. The Morgan fingerprint density at radius 3 is 2.43 bits per heavy atom. The predicted molar refractivity (Wildman–Crippen MR) is 90.7 cm³/mol. The summed E-state index contributed by atoms with van der Waals surface area (Å²) in [6.45, 7) is 4.49. The molecule has 1 saturated carbocycles. The number of hydrogen-bond acceptors (Lipinski definition) is 2. The first-order chi connectivity index (χ1) is 10.4. The van der Waals surface area contributed by atoms with Gasteiger partial charge in [-0.25, -0.2) is 0 Å². The highest BCUT2D eigenvalue weighted by atomic mass is 16.5. The molecule has 0 aromatic heterocycles. The number of hydrogen-bond donors (Lipinski definition) is 1. The zero-order valence-corrected chi connectivity index (χ0v) is 14.2. The van der Waals surface area contributed by atoms with Crippen molar-refractivity contribution in [2.45, 2.75) is 103 Å². The van der Waals surface area contributed by atoms with Crippen LogP contribution in [0.2, 0.25) is 0 Å². The average molecular weight is 296 g/mol. The van der Waals surface area contributed by atoms with Crippen molar-refractivity contribution >= 4 is 0 Å². The van der Waals surface area contributed by atoms with Crippen LogP contribution in [0.3, 0.4) is 0 Å². The minimum Gasteiger partial charge on any atom is -0.378 e. The van der Waals surface area contributed by atoms with Gasteiger partial charge in [0.1, 0.15) is 0 Å².